The van der Waals surface area contributed by atoms with Gasteiger partial charge in [0.05, 0.1) is 5.57 Å². The maximum absolute atomic E-state index is 9.24. The van der Waals surface area contributed by atoms with Gasteiger partial charge in [-0.1, -0.05) is 314 Å². The van der Waals surface area contributed by atoms with Crippen molar-refractivity contribution in [3.05, 3.63) is 102 Å². The fraction of sp³-hybridized carbons (Fsp3) is 0.731. The SMILES string of the molecule is CCCCCCC(=C=[N+]=[N-])C=C(c1ccc(CCCCC)cc1)c1cccc(CCCC)c1.[CH2-]CCCCCCCCCCCCCCCCC.[CH2-]CCCCCCCCCCCCCCCCC.[Ni+2]. The van der Waals surface area contributed by atoms with E-state index in [0.717, 1.165) is 44.1 Å². The molecule has 0 N–H and O–H groups in total. The van der Waals surface area contributed by atoms with Gasteiger partial charge in [0.15, 0.2) is 0 Å². The van der Waals surface area contributed by atoms with E-state index in [4.69, 9.17) is 0 Å². The van der Waals surface area contributed by atoms with Gasteiger partial charge in [-0.3, -0.25) is 0 Å². The fourth-order valence-corrected chi connectivity index (χ4v) is 9.28. The van der Waals surface area contributed by atoms with Crippen molar-refractivity contribution in [2.45, 2.75) is 317 Å². The Morgan fingerprint density at radius 1 is 0.414 bits per heavy atom. The molecular weight excluding hydrogens is 891 g/mol. The molecule has 0 spiro atoms. The number of rotatable bonds is 45. The second-order valence-corrected chi connectivity index (χ2v) is 20.7. The topological polar surface area (TPSA) is 36.4 Å². The average molecular weight is 1010 g/mol. The first-order valence-corrected chi connectivity index (χ1v) is 30.5. The molecule has 0 aromatic heterocycles. The van der Waals surface area contributed by atoms with Crippen LogP contribution < -0.4 is 0 Å². The van der Waals surface area contributed by atoms with E-state index in [9.17, 15) is 5.53 Å². The van der Waals surface area contributed by atoms with Gasteiger partial charge in [0.2, 0.25) is 0 Å². The van der Waals surface area contributed by atoms with Crippen LogP contribution in [0.4, 0.5) is 0 Å². The summed E-state index contributed by atoms with van der Waals surface area (Å²) in [6, 6.07) is 17.9. The molecule has 0 saturated carbocycles. The van der Waals surface area contributed by atoms with Crippen LogP contribution in [-0.2, 0) is 29.3 Å². The first-order chi connectivity index (χ1) is 34.0. The van der Waals surface area contributed by atoms with Crippen LogP contribution >= 0.6 is 0 Å². The Kier molecular flexibility index (Phi) is 57.7. The van der Waals surface area contributed by atoms with E-state index in [1.165, 1.54) is 272 Å². The van der Waals surface area contributed by atoms with Crippen LogP contribution in [0.2, 0.25) is 0 Å². The second-order valence-electron chi connectivity index (χ2n) is 20.7. The van der Waals surface area contributed by atoms with Gasteiger partial charge < -0.3 is 19.4 Å². The Labute approximate surface area is 449 Å². The predicted molar refractivity (Wildman–Crippen MR) is 313 cm³/mol. The van der Waals surface area contributed by atoms with Crippen molar-refractivity contribution in [2.24, 2.45) is 0 Å². The van der Waals surface area contributed by atoms with Gasteiger partial charge in [-0.25, -0.2) is 0 Å². The standard InChI is InChI=1S/C31H42N2.2C18H37.Ni/c1-4-7-10-12-16-28(25-33-32)24-31(30-18-13-17-27(23-30)14-9-6-3)29-21-19-26(20-22-29)15-11-8-5-2;2*1-3-5-7-9-11-13-15-17-18-16-14-12-10-8-6-4-2;/h13,17-24H,4-12,14-16H2,1-3H3;2*1,3-18H2,2H3;/q;2*-1;+2. The number of hydrogen-bond donors (Lipinski definition) is 0. The molecule has 0 aliphatic heterocycles. The minimum atomic E-state index is 0. The summed E-state index contributed by atoms with van der Waals surface area (Å²) in [6.07, 6.45) is 61.8. The number of hydrogen-bond acceptors (Lipinski definition) is 0. The van der Waals surface area contributed by atoms with Gasteiger partial charge in [-0.2, -0.15) is 12.8 Å². The minimum absolute atomic E-state index is 0. The van der Waals surface area contributed by atoms with Crippen molar-refractivity contribution >= 4 is 11.4 Å². The molecule has 0 heterocycles. The molecule has 0 radical (unpaired) electrons. The van der Waals surface area contributed by atoms with Crippen LogP contribution in [0.1, 0.15) is 327 Å². The molecule has 0 amide bonds. The Hall–Kier alpha value is -2.17. The normalized spacial score (nSPS) is 10.9. The molecule has 0 aliphatic rings. The summed E-state index contributed by atoms with van der Waals surface area (Å²) < 4.78 is 0. The number of aryl methyl sites for hydroxylation is 2. The van der Waals surface area contributed by atoms with Crippen LogP contribution in [0.15, 0.2) is 60.2 Å². The third-order valence-electron chi connectivity index (χ3n) is 13.9. The van der Waals surface area contributed by atoms with Crippen LogP contribution in [0.25, 0.3) is 11.1 Å². The molecule has 2 rings (SSSR count). The van der Waals surface area contributed by atoms with Crippen molar-refractivity contribution in [3.8, 4) is 0 Å². The molecule has 0 atom stereocenters. The molecule has 3 heteroatoms. The largest absolute Gasteiger partial charge is 2.00 e. The van der Waals surface area contributed by atoms with Crippen molar-refractivity contribution in [2.75, 3.05) is 0 Å². The zero-order valence-electron chi connectivity index (χ0n) is 47.4. The molecule has 0 aliphatic carbocycles. The van der Waals surface area contributed by atoms with Gasteiger partial charge >= 0.3 is 22.4 Å². The molecule has 2 nitrogen and oxygen atoms in total. The minimum Gasteiger partial charge on any atom is -0.348 e. The van der Waals surface area contributed by atoms with E-state index in [2.05, 4.69) is 114 Å². The van der Waals surface area contributed by atoms with Crippen molar-refractivity contribution in [1.82, 2.24) is 0 Å². The van der Waals surface area contributed by atoms with Gasteiger partial charge in [-0.15, -0.1) is 4.79 Å². The third kappa shape index (κ3) is 45.7. The molecule has 2 aromatic rings. The molecular formula is C67H116N2Ni. The molecule has 0 unspecified atom stereocenters. The molecule has 0 bridgehead atoms. The first-order valence-electron chi connectivity index (χ1n) is 30.5. The Bertz CT molecular complexity index is 1400. The predicted octanol–water partition coefficient (Wildman–Crippen LogP) is 23.2. The van der Waals surface area contributed by atoms with Crippen molar-refractivity contribution in [1.29, 1.82) is 0 Å². The Morgan fingerprint density at radius 2 is 0.771 bits per heavy atom. The first kappa shape index (κ1) is 69.9. The van der Waals surface area contributed by atoms with Gasteiger partial charge in [0.25, 0.3) is 0 Å². The summed E-state index contributed by atoms with van der Waals surface area (Å²) >= 11 is 0. The van der Waals surface area contributed by atoms with Crippen molar-refractivity contribution in [3.63, 3.8) is 0 Å². The molecule has 2 aromatic carbocycles. The van der Waals surface area contributed by atoms with E-state index in [-0.39, 0.29) is 16.5 Å². The molecule has 0 fully saturated rings. The summed E-state index contributed by atoms with van der Waals surface area (Å²) in [5.41, 5.74) is 16.6. The van der Waals surface area contributed by atoms with Crippen LogP contribution in [0.5, 0.6) is 0 Å². The Balaban J connectivity index is 0. The zero-order chi connectivity index (χ0) is 50.4. The summed E-state index contributed by atoms with van der Waals surface area (Å²) in [7, 11) is 0. The molecule has 70 heavy (non-hydrogen) atoms. The van der Waals surface area contributed by atoms with Gasteiger partial charge in [0, 0.05) is 0 Å². The van der Waals surface area contributed by atoms with Gasteiger partial charge in [0.1, 0.15) is 0 Å². The number of nitrogens with zero attached hydrogens (tertiary/aromatic N) is 2. The van der Waals surface area contributed by atoms with Crippen LogP contribution in [-0.4, -0.2) is 10.7 Å². The van der Waals surface area contributed by atoms with Crippen LogP contribution in [0, 0.1) is 13.8 Å². The van der Waals surface area contributed by atoms with Crippen LogP contribution in [0.3, 0.4) is 0 Å². The Morgan fingerprint density at radius 3 is 1.16 bits per heavy atom. The number of unbranched alkanes of at least 4 members (excludes halogenated alkanes) is 36. The summed E-state index contributed by atoms with van der Waals surface area (Å²) in [6.45, 7) is 19.1. The van der Waals surface area contributed by atoms with E-state index < -0.39 is 0 Å². The summed E-state index contributed by atoms with van der Waals surface area (Å²) in [4.78, 5) is 3.26. The quantitative estimate of drug-likeness (QED) is 0.0121. The average Bonchev–Trinajstić information content (AvgIpc) is 3.37. The van der Waals surface area contributed by atoms with E-state index in [1.54, 1.807) is 0 Å². The zero-order valence-corrected chi connectivity index (χ0v) is 48.4. The maximum atomic E-state index is 9.24. The van der Waals surface area contributed by atoms with E-state index in [1.807, 2.05) is 0 Å². The van der Waals surface area contributed by atoms with E-state index >= 15 is 0 Å². The smallest absolute Gasteiger partial charge is 0.348 e. The van der Waals surface area contributed by atoms with Crippen molar-refractivity contribution < 1.29 is 21.3 Å². The second kappa shape index (κ2) is 57.7. The van der Waals surface area contributed by atoms with E-state index in [0.29, 0.717) is 0 Å². The number of allylic oxidation sites excluding steroid dienone is 2. The molecule has 0 saturated heterocycles. The summed E-state index contributed by atoms with van der Waals surface area (Å²) in [5, 5.41) is 0. The molecule has 404 valence electrons. The fourth-order valence-electron chi connectivity index (χ4n) is 9.28. The number of benzene rings is 2. The third-order valence-corrected chi connectivity index (χ3v) is 13.9. The summed E-state index contributed by atoms with van der Waals surface area (Å²) in [5.74, 6) is 2.84. The monoisotopic (exact) mass is 1010 g/mol. The maximum Gasteiger partial charge on any atom is 2.00 e. The van der Waals surface area contributed by atoms with Gasteiger partial charge in [-0.05, 0) is 72.4 Å².